The van der Waals surface area contributed by atoms with Gasteiger partial charge in [-0.25, -0.2) is 0 Å². The van der Waals surface area contributed by atoms with E-state index in [0.29, 0.717) is 11.8 Å². The number of hydrogen-bond acceptors (Lipinski definition) is 1. The summed E-state index contributed by atoms with van der Waals surface area (Å²) in [7, 11) is 0. The Balaban J connectivity index is 2.07. The summed E-state index contributed by atoms with van der Waals surface area (Å²) in [5.41, 5.74) is 1.91. The van der Waals surface area contributed by atoms with Gasteiger partial charge in [-0.15, -0.1) is 23.2 Å². The summed E-state index contributed by atoms with van der Waals surface area (Å²) < 4.78 is 0. The maximum absolute atomic E-state index is 12.3. The number of carbonyl (C=O) groups excluding carboxylic acids is 1. The van der Waals surface area contributed by atoms with Gasteiger partial charge >= 0.3 is 0 Å². The van der Waals surface area contributed by atoms with E-state index in [1.807, 2.05) is 25.1 Å². The van der Waals surface area contributed by atoms with E-state index in [0.717, 1.165) is 18.4 Å². The van der Waals surface area contributed by atoms with Crippen LogP contribution in [0.3, 0.4) is 0 Å². The Morgan fingerprint density at radius 2 is 2.06 bits per heavy atom. The standard InChI is InChI=1S/C14H17Cl2NO/c1-2-14(8-15,9-16)17-13(18)12-7-10-5-3-4-6-11(10)12/h3-6,12H,2,7-9H2,1H3,(H,17,18). The maximum atomic E-state index is 12.3. The molecule has 1 unspecified atom stereocenters. The molecule has 1 aliphatic rings. The summed E-state index contributed by atoms with van der Waals surface area (Å²) in [4.78, 5) is 12.3. The van der Waals surface area contributed by atoms with Crippen LogP contribution < -0.4 is 5.32 Å². The second-order valence-corrected chi connectivity index (χ2v) is 5.38. The van der Waals surface area contributed by atoms with Gasteiger partial charge in [0.05, 0.1) is 11.5 Å². The van der Waals surface area contributed by atoms with Crippen molar-refractivity contribution in [1.82, 2.24) is 5.32 Å². The van der Waals surface area contributed by atoms with E-state index in [1.165, 1.54) is 5.56 Å². The number of hydrogen-bond donors (Lipinski definition) is 1. The smallest absolute Gasteiger partial charge is 0.228 e. The van der Waals surface area contributed by atoms with Crippen molar-refractivity contribution in [3.05, 3.63) is 35.4 Å². The predicted octanol–water partition coefficient (Wildman–Crippen LogP) is 3.07. The topological polar surface area (TPSA) is 29.1 Å². The zero-order valence-electron chi connectivity index (χ0n) is 10.4. The monoisotopic (exact) mass is 285 g/mol. The fourth-order valence-corrected chi connectivity index (χ4v) is 3.02. The van der Waals surface area contributed by atoms with Gasteiger partial charge < -0.3 is 5.32 Å². The first kappa shape index (κ1) is 13.7. The summed E-state index contributed by atoms with van der Waals surface area (Å²) in [6.07, 6.45) is 1.55. The van der Waals surface area contributed by atoms with Crippen molar-refractivity contribution in [2.75, 3.05) is 11.8 Å². The van der Waals surface area contributed by atoms with E-state index in [1.54, 1.807) is 0 Å². The zero-order valence-corrected chi connectivity index (χ0v) is 11.9. The molecule has 0 aromatic heterocycles. The van der Waals surface area contributed by atoms with Crippen LogP contribution in [-0.2, 0) is 11.2 Å². The van der Waals surface area contributed by atoms with Gasteiger partial charge in [-0.2, -0.15) is 0 Å². The second-order valence-electron chi connectivity index (χ2n) is 4.85. The summed E-state index contributed by atoms with van der Waals surface area (Å²) >= 11 is 11.9. The molecule has 2 nitrogen and oxygen atoms in total. The molecule has 1 aromatic carbocycles. The molecule has 1 atom stereocenters. The molecule has 0 saturated heterocycles. The maximum Gasteiger partial charge on any atom is 0.228 e. The highest BCUT2D eigenvalue weighted by molar-refractivity contribution is 6.22. The van der Waals surface area contributed by atoms with Crippen molar-refractivity contribution < 1.29 is 4.79 Å². The van der Waals surface area contributed by atoms with Gasteiger partial charge in [0.25, 0.3) is 0 Å². The quantitative estimate of drug-likeness (QED) is 0.828. The number of amides is 1. The Bertz CT molecular complexity index is 435. The van der Waals surface area contributed by atoms with Crippen LogP contribution in [0.25, 0.3) is 0 Å². The number of halogens is 2. The molecule has 0 radical (unpaired) electrons. The molecule has 2 rings (SSSR count). The van der Waals surface area contributed by atoms with E-state index in [-0.39, 0.29) is 11.8 Å². The molecule has 0 spiro atoms. The Morgan fingerprint density at radius 3 is 2.61 bits per heavy atom. The van der Waals surface area contributed by atoms with E-state index in [2.05, 4.69) is 11.4 Å². The third kappa shape index (κ3) is 2.36. The molecule has 0 aliphatic heterocycles. The lowest BCUT2D eigenvalue weighted by Gasteiger charge is -2.35. The number of alkyl halides is 2. The highest BCUT2D eigenvalue weighted by atomic mass is 35.5. The van der Waals surface area contributed by atoms with E-state index >= 15 is 0 Å². The SMILES string of the molecule is CCC(CCl)(CCl)NC(=O)C1Cc2ccccc21. The molecule has 1 aromatic rings. The van der Waals surface area contributed by atoms with Crippen molar-refractivity contribution in [3.63, 3.8) is 0 Å². The molecular formula is C14H17Cl2NO. The van der Waals surface area contributed by atoms with Crippen LogP contribution in [-0.4, -0.2) is 23.2 Å². The Kier molecular flexibility index (Phi) is 4.18. The minimum absolute atomic E-state index is 0.0388. The van der Waals surface area contributed by atoms with Crippen LogP contribution in [0.2, 0.25) is 0 Å². The van der Waals surface area contributed by atoms with Gasteiger partial charge in [0.1, 0.15) is 0 Å². The first-order chi connectivity index (χ1) is 8.65. The minimum atomic E-state index is -0.481. The average molecular weight is 286 g/mol. The number of benzene rings is 1. The Hall–Kier alpha value is -0.730. The fourth-order valence-electron chi connectivity index (χ4n) is 2.22. The molecule has 1 amide bonds. The normalized spacial score (nSPS) is 17.8. The van der Waals surface area contributed by atoms with Crippen LogP contribution in [0.15, 0.2) is 24.3 Å². The summed E-state index contributed by atoms with van der Waals surface area (Å²) in [5, 5.41) is 3.02. The van der Waals surface area contributed by atoms with E-state index in [9.17, 15) is 4.79 Å². The predicted molar refractivity (Wildman–Crippen MR) is 75.5 cm³/mol. The third-order valence-electron chi connectivity index (χ3n) is 3.75. The molecule has 0 fully saturated rings. The Labute approximate surface area is 118 Å². The van der Waals surface area contributed by atoms with Gasteiger partial charge in [0, 0.05) is 11.8 Å². The van der Waals surface area contributed by atoms with E-state index < -0.39 is 5.54 Å². The molecule has 1 aliphatic carbocycles. The van der Waals surface area contributed by atoms with Crippen molar-refractivity contribution >= 4 is 29.1 Å². The van der Waals surface area contributed by atoms with Crippen LogP contribution in [0, 0.1) is 0 Å². The van der Waals surface area contributed by atoms with Gasteiger partial charge in [0.2, 0.25) is 5.91 Å². The zero-order chi connectivity index (χ0) is 13.2. The van der Waals surface area contributed by atoms with Gasteiger partial charge in [0.15, 0.2) is 0 Å². The van der Waals surface area contributed by atoms with Gasteiger partial charge in [-0.3, -0.25) is 4.79 Å². The highest BCUT2D eigenvalue weighted by Crippen LogP contribution is 2.35. The molecule has 0 heterocycles. The van der Waals surface area contributed by atoms with Crippen LogP contribution >= 0.6 is 23.2 Å². The number of nitrogens with one attached hydrogen (secondary N) is 1. The first-order valence-electron chi connectivity index (χ1n) is 6.17. The fraction of sp³-hybridized carbons (Fsp3) is 0.500. The molecule has 4 heteroatoms. The second kappa shape index (κ2) is 5.50. The van der Waals surface area contributed by atoms with Crippen molar-refractivity contribution in [1.29, 1.82) is 0 Å². The van der Waals surface area contributed by atoms with Crippen molar-refractivity contribution in [3.8, 4) is 0 Å². The molecular weight excluding hydrogens is 269 g/mol. The lowest BCUT2D eigenvalue weighted by Crippen LogP contribution is -2.53. The minimum Gasteiger partial charge on any atom is -0.348 e. The summed E-state index contributed by atoms with van der Waals surface area (Å²) in [6, 6.07) is 8.04. The van der Waals surface area contributed by atoms with Crippen LogP contribution in [0.4, 0.5) is 0 Å². The van der Waals surface area contributed by atoms with Gasteiger partial charge in [-0.05, 0) is 24.0 Å². The first-order valence-corrected chi connectivity index (χ1v) is 7.24. The molecule has 18 heavy (non-hydrogen) atoms. The summed E-state index contributed by atoms with van der Waals surface area (Å²) in [5.74, 6) is 0.677. The van der Waals surface area contributed by atoms with E-state index in [4.69, 9.17) is 23.2 Å². The molecule has 0 saturated carbocycles. The highest BCUT2D eigenvalue weighted by Gasteiger charge is 2.36. The molecule has 0 bridgehead atoms. The lowest BCUT2D eigenvalue weighted by atomic mass is 9.76. The van der Waals surface area contributed by atoms with Crippen molar-refractivity contribution in [2.45, 2.75) is 31.2 Å². The number of fused-ring (bicyclic) bond motifs is 1. The third-order valence-corrected chi connectivity index (χ3v) is 4.77. The molecule has 98 valence electrons. The largest absolute Gasteiger partial charge is 0.348 e. The number of rotatable bonds is 5. The number of carbonyl (C=O) groups is 1. The lowest BCUT2D eigenvalue weighted by molar-refractivity contribution is -0.124. The molecule has 1 N–H and O–H groups in total. The van der Waals surface area contributed by atoms with Crippen molar-refractivity contribution in [2.24, 2.45) is 0 Å². The summed E-state index contributed by atoms with van der Waals surface area (Å²) in [6.45, 7) is 1.99. The van der Waals surface area contributed by atoms with Crippen LogP contribution in [0.1, 0.15) is 30.4 Å². The van der Waals surface area contributed by atoms with Crippen LogP contribution in [0.5, 0.6) is 0 Å². The van der Waals surface area contributed by atoms with Gasteiger partial charge in [-0.1, -0.05) is 31.2 Å². The average Bonchev–Trinajstić information content (AvgIpc) is 2.37. The Morgan fingerprint density at radius 1 is 1.39 bits per heavy atom.